The molecule has 156 valence electrons. The molecule has 0 unspecified atom stereocenters. The molecular formula is C23H29IN2O3. The van der Waals surface area contributed by atoms with Crippen LogP contribution >= 0.6 is 22.6 Å². The van der Waals surface area contributed by atoms with Crippen LogP contribution in [0.25, 0.3) is 0 Å². The highest BCUT2D eigenvalue weighted by molar-refractivity contribution is 14.1. The van der Waals surface area contributed by atoms with Crippen molar-refractivity contribution in [3.05, 3.63) is 63.2 Å². The molecule has 29 heavy (non-hydrogen) atoms. The molecule has 1 atom stereocenters. The second-order valence-electron chi connectivity index (χ2n) is 6.97. The number of benzene rings is 2. The number of nitrogens with zero attached hydrogens (tertiary/aromatic N) is 1. The summed E-state index contributed by atoms with van der Waals surface area (Å²) in [6, 6.07) is 15.0. The summed E-state index contributed by atoms with van der Waals surface area (Å²) in [4.78, 5) is 27.4. The minimum atomic E-state index is -0.533. The summed E-state index contributed by atoms with van der Waals surface area (Å²) < 4.78 is 6.79. The molecule has 2 aromatic carbocycles. The topological polar surface area (TPSA) is 58.6 Å². The quantitative estimate of drug-likeness (QED) is 0.487. The Bertz CT molecular complexity index is 808. The second kappa shape index (κ2) is 11.8. The lowest BCUT2D eigenvalue weighted by molar-refractivity contribution is -0.143. The number of hydrogen-bond acceptors (Lipinski definition) is 3. The van der Waals surface area contributed by atoms with Gasteiger partial charge in [-0.3, -0.25) is 9.59 Å². The van der Waals surface area contributed by atoms with Gasteiger partial charge < -0.3 is 15.0 Å². The number of nitrogens with one attached hydrogen (secondary N) is 1. The van der Waals surface area contributed by atoms with Gasteiger partial charge in [-0.05, 0) is 72.2 Å². The third-order valence-corrected chi connectivity index (χ3v) is 5.27. The van der Waals surface area contributed by atoms with Gasteiger partial charge in [0.05, 0.1) is 0 Å². The van der Waals surface area contributed by atoms with Gasteiger partial charge in [-0.25, -0.2) is 0 Å². The van der Waals surface area contributed by atoms with Gasteiger partial charge in [-0.1, -0.05) is 43.7 Å². The molecule has 0 aromatic heterocycles. The van der Waals surface area contributed by atoms with E-state index in [-0.39, 0.29) is 18.4 Å². The first-order chi connectivity index (χ1) is 13.9. The lowest BCUT2D eigenvalue weighted by Crippen LogP contribution is -2.50. The van der Waals surface area contributed by atoms with E-state index in [4.69, 9.17) is 4.74 Å². The number of halogens is 1. The largest absolute Gasteiger partial charge is 0.484 e. The first-order valence-electron chi connectivity index (χ1n) is 9.95. The molecule has 6 heteroatoms. The van der Waals surface area contributed by atoms with Crippen molar-refractivity contribution in [3.63, 3.8) is 0 Å². The van der Waals surface area contributed by atoms with Gasteiger partial charge in [0, 0.05) is 16.7 Å². The van der Waals surface area contributed by atoms with Gasteiger partial charge in [0.25, 0.3) is 5.91 Å². The van der Waals surface area contributed by atoms with Crippen molar-refractivity contribution < 1.29 is 14.3 Å². The molecule has 0 aliphatic rings. The van der Waals surface area contributed by atoms with E-state index in [0.29, 0.717) is 25.3 Å². The summed E-state index contributed by atoms with van der Waals surface area (Å²) >= 11 is 2.22. The fraction of sp³-hybridized carbons (Fsp3) is 0.391. The van der Waals surface area contributed by atoms with Crippen LogP contribution in [0.15, 0.2) is 48.5 Å². The highest BCUT2D eigenvalue weighted by Crippen LogP contribution is 2.16. The predicted molar refractivity (Wildman–Crippen MR) is 124 cm³/mol. The molecule has 0 saturated carbocycles. The zero-order valence-electron chi connectivity index (χ0n) is 17.3. The Labute approximate surface area is 187 Å². The van der Waals surface area contributed by atoms with Crippen LogP contribution in [0.3, 0.4) is 0 Å². The van der Waals surface area contributed by atoms with Crippen molar-refractivity contribution >= 4 is 34.4 Å². The van der Waals surface area contributed by atoms with E-state index in [0.717, 1.165) is 21.1 Å². The summed E-state index contributed by atoms with van der Waals surface area (Å²) in [5.41, 5.74) is 2.11. The van der Waals surface area contributed by atoms with E-state index in [1.165, 1.54) is 0 Å². The van der Waals surface area contributed by atoms with E-state index in [1.807, 2.05) is 69.3 Å². The molecule has 0 aliphatic carbocycles. The number of carbonyl (C=O) groups is 2. The number of amides is 2. The van der Waals surface area contributed by atoms with Crippen LogP contribution in [-0.4, -0.2) is 35.9 Å². The summed E-state index contributed by atoms with van der Waals surface area (Å²) in [5.74, 6) is 0.311. The number of rotatable bonds is 10. The highest BCUT2D eigenvalue weighted by Gasteiger charge is 2.28. The summed E-state index contributed by atoms with van der Waals surface area (Å²) in [5, 5.41) is 2.92. The van der Waals surface area contributed by atoms with Gasteiger partial charge in [0.2, 0.25) is 5.91 Å². The average molecular weight is 508 g/mol. The van der Waals surface area contributed by atoms with E-state index in [2.05, 4.69) is 27.9 Å². The number of ether oxygens (including phenoxy) is 1. The number of carbonyl (C=O) groups excluding carboxylic acids is 2. The molecule has 0 radical (unpaired) electrons. The van der Waals surface area contributed by atoms with Gasteiger partial charge in [0.1, 0.15) is 11.8 Å². The Morgan fingerprint density at radius 2 is 1.86 bits per heavy atom. The van der Waals surface area contributed by atoms with Crippen LogP contribution in [0.2, 0.25) is 0 Å². The lowest BCUT2D eigenvalue weighted by atomic mass is 10.1. The molecule has 0 spiro atoms. The third-order valence-electron chi connectivity index (χ3n) is 4.55. The fourth-order valence-corrected chi connectivity index (χ4v) is 3.41. The average Bonchev–Trinajstić information content (AvgIpc) is 2.71. The number of hydrogen-bond donors (Lipinski definition) is 1. The molecule has 0 aliphatic heterocycles. The van der Waals surface area contributed by atoms with E-state index in [9.17, 15) is 9.59 Å². The maximum absolute atomic E-state index is 13.1. The van der Waals surface area contributed by atoms with Crippen LogP contribution in [-0.2, 0) is 16.1 Å². The van der Waals surface area contributed by atoms with Crippen molar-refractivity contribution in [2.24, 2.45) is 0 Å². The third kappa shape index (κ3) is 7.34. The maximum atomic E-state index is 13.1. The molecule has 0 heterocycles. The normalized spacial score (nSPS) is 11.6. The zero-order valence-corrected chi connectivity index (χ0v) is 19.4. The van der Waals surface area contributed by atoms with Crippen molar-refractivity contribution in [3.8, 4) is 5.75 Å². The van der Waals surface area contributed by atoms with E-state index >= 15 is 0 Å². The van der Waals surface area contributed by atoms with Gasteiger partial charge in [0.15, 0.2) is 6.61 Å². The Morgan fingerprint density at radius 3 is 2.48 bits per heavy atom. The molecule has 0 fully saturated rings. The number of aryl methyl sites for hydroxylation is 1. The van der Waals surface area contributed by atoms with Crippen molar-refractivity contribution in [1.82, 2.24) is 10.2 Å². The summed E-state index contributed by atoms with van der Waals surface area (Å²) in [7, 11) is 0. The summed E-state index contributed by atoms with van der Waals surface area (Å²) in [6.07, 6.45) is 1.39. The Balaban J connectivity index is 2.17. The first-order valence-corrected chi connectivity index (χ1v) is 11.0. The van der Waals surface area contributed by atoms with Crippen LogP contribution < -0.4 is 10.1 Å². The second-order valence-corrected chi connectivity index (χ2v) is 8.21. The van der Waals surface area contributed by atoms with Crippen molar-refractivity contribution in [1.29, 1.82) is 0 Å². The SMILES string of the molecule is CCCNC(=O)[C@@H](CC)N(Cc1cccc(C)c1)C(=O)COc1ccc(I)cc1. The molecule has 1 N–H and O–H groups in total. The van der Waals surface area contributed by atoms with Crippen LogP contribution in [0.5, 0.6) is 5.75 Å². The smallest absolute Gasteiger partial charge is 0.261 e. The molecule has 0 saturated heterocycles. The first kappa shape index (κ1) is 23.2. The lowest BCUT2D eigenvalue weighted by Gasteiger charge is -2.30. The van der Waals surface area contributed by atoms with Crippen molar-refractivity contribution in [2.45, 2.75) is 46.2 Å². The minimum absolute atomic E-state index is 0.107. The maximum Gasteiger partial charge on any atom is 0.261 e. The Morgan fingerprint density at radius 1 is 1.14 bits per heavy atom. The standard InChI is InChI=1S/C23H29IN2O3/c1-4-13-25-23(28)21(5-2)26(15-18-8-6-7-17(3)14-18)22(27)16-29-20-11-9-19(24)10-12-20/h6-12,14,21H,4-5,13,15-16H2,1-3H3,(H,25,28)/t21-/m1/s1. The van der Waals surface area contributed by atoms with Crippen LogP contribution in [0.4, 0.5) is 0 Å². The summed E-state index contributed by atoms with van der Waals surface area (Å²) in [6.45, 7) is 6.80. The molecule has 2 aromatic rings. The Hall–Kier alpha value is -2.09. The highest BCUT2D eigenvalue weighted by atomic mass is 127. The molecule has 0 bridgehead atoms. The van der Waals surface area contributed by atoms with E-state index < -0.39 is 6.04 Å². The molecule has 2 rings (SSSR count). The van der Waals surface area contributed by atoms with Gasteiger partial charge in [-0.15, -0.1) is 0 Å². The molecular weight excluding hydrogens is 479 g/mol. The predicted octanol–water partition coefficient (Wildman–Crippen LogP) is 4.31. The zero-order chi connectivity index (χ0) is 21.2. The Kier molecular flexibility index (Phi) is 9.44. The van der Waals surface area contributed by atoms with Crippen LogP contribution in [0.1, 0.15) is 37.8 Å². The van der Waals surface area contributed by atoms with E-state index in [1.54, 1.807) is 4.90 Å². The monoisotopic (exact) mass is 508 g/mol. The van der Waals surface area contributed by atoms with Crippen molar-refractivity contribution in [2.75, 3.05) is 13.2 Å². The molecule has 2 amide bonds. The minimum Gasteiger partial charge on any atom is -0.484 e. The van der Waals surface area contributed by atoms with Gasteiger partial charge >= 0.3 is 0 Å². The van der Waals surface area contributed by atoms with Crippen LogP contribution in [0, 0.1) is 10.5 Å². The molecule has 5 nitrogen and oxygen atoms in total. The van der Waals surface area contributed by atoms with Gasteiger partial charge in [-0.2, -0.15) is 0 Å². The fourth-order valence-electron chi connectivity index (χ4n) is 3.05.